The first kappa shape index (κ1) is 88.7. The van der Waals surface area contributed by atoms with Crippen molar-refractivity contribution < 1.29 is 208 Å². The Bertz CT molecular complexity index is 2860. The van der Waals surface area contributed by atoms with Crippen molar-refractivity contribution in [3.8, 4) is 5.75 Å². The lowest BCUT2D eigenvalue weighted by Crippen LogP contribution is -2.68. The van der Waals surface area contributed by atoms with Crippen LogP contribution in [-0.4, -0.2) is 432 Å². The van der Waals surface area contributed by atoms with Gasteiger partial charge in [-0.1, -0.05) is 30.0 Å². The van der Waals surface area contributed by atoms with Gasteiger partial charge in [-0.05, 0) is 36.2 Å². The third-order valence-electron chi connectivity index (χ3n) is 19.0. The van der Waals surface area contributed by atoms with Crippen LogP contribution in [0.1, 0.15) is 5.56 Å². The van der Waals surface area contributed by atoms with Gasteiger partial charge in [0, 0.05) is 25.4 Å². The molecule has 22 aliphatic heterocycles. The smallest absolute Gasteiger partial charge is 0.328 e. The van der Waals surface area contributed by atoms with E-state index in [-0.39, 0.29) is 16.4 Å². The molecule has 0 radical (unpaired) electrons. The molecule has 0 aliphatic carbocycles. The number of carbonyl (C=O) groups is 4. The van der Waals surface area contributed by atoms with Crippen LogP contribution >= 0.6 is 11.8 Å². The number of aliphatic hydroxyl groups is 21. The predicted octanol–water partition coefficient (Wildman–Crippen LogP) is -13.0. The number of aromatic nitrogens is 1. The number of carboxylic acids is 2. The van der Waals surface area contributed by atoms with Crippen molar-refractivity contribution in [2.45, 2.75) is 227 Å². The summed E-state index contributed by atoms with van der Waals surface area (Å²) in [6, 6.07) is 13.4. The number of aliphatic hydroxyl groups excluding tert-OH is 21. The number of anilines is 1. The van der Waals surface area contributed by atoms with Crippen LogP contribution in [0.15, 0.2) is 60.8 Å². The Balaban J connectivity index is 0.000000346. The second kappa shape index (κ2) is 40.3. The number of carboxylic acid groups (broad SMARTS) is 2. The number of carbonyl (C=O) groups excluding carboxylic acids is 2. The highest BCUT2D eigenvalue weighted by atomic mass is 32.2. The third-order valence-corrected chi connectivity index (χ3v) is 20.0. The van der Waals surface area contributed by atoms with Gasteiger partial charge in [0.1, 0.15) is 189 Å². The number of ether oxygens (including phenoxy) is 15. The van der Waals surface area contributed by atoms with Gasteiger partial charge in [0.05, 0.1) is 58.0 Å². The third kappa shape index (κ3) is 20.9. The lowest BCUT2D eigenvalue weighted by Gasteiger charge is -2.50. The molecule has 2 aromatic rings. The lowest BCUT2D eigenvalue weighted by atomic mass is 9.95. The molecule has 1 aromatic heterocycles. The van der Waals surface area contributed by atoms with Gasteiger partial charge >= 0.3 is 11.9 Å². The number of thioether (sulfide) groups is 1. The first-order chi connectivity index (χ1) is 52.4. The molecule has 24 N–H and O–H groups in total. The minimum absolute atomic E-state index is 0.215. The summed E-state index contributed by atoms with van der Waals surface area (Å²) in [5.74, 6) is -1.05. The van der Waals surface area contributed by atoms with Crippen molar-refractivity contribution in [1.29, 1.82) is 0 Å². The highest BCUT2D eigenvalue weighted by Gasteiger charge is 2.60. The van der Waals surface area contributed by atoms with Gasteiger partial charge in [0.2, 0.25) is 5.91 Å². The molecule has 22 fully saturated rings. The van der Waals surface area contributed by atoms with E-state index in [1.54, 1.807) is 6.20 Å². The molecule has 14 bridgehead atoms. The number of likely N-dealkylation sites (N-methyl/N-ethyl adjacent to an activating group) is 1. The van der Waals surface area contributed by atoms with E-state index in [1.807, 2.05) is 54.4 Å². The number of imide groups is 1. The number of rotatable bonds is 16. The maximum atomic E-state index is 11.6. The Morgan fingerprint density at radius 3 is 0.909 bits per heavy atom. The molecule has 622 valence electrons. The van der Waals surface area contributed by atoms with Crippen molar-refractivity contribution in [2.24, 2.45) is 0 Å². The number of pyridine rings is 1. The van der Waals surface area contributed by atoms with Gasteiger partial charge < -0.3 is 193 Å². The van der Waals surface area contributed by atoms with Crippen LogP contribution in [0, 0.1) is 0 Å². The summed E-state index contributed by atoms with van der Waals surface area (Å²) in [7, 11) is 1.97. The number of nitrogens with one attached hydrogen (secondary N) is 1. The van der Waals surface area contributed by atoms with Crippen LogP contribution < -0.4 is 15.0 Å². The van der Waals surface area contributed by atoms with Gasteiger partial charge in [0.15, 0.2) is 44.0 Å². The molecule has 24 rings (SSSR count). The average Bonchev–Trinajstić information content (AvgIpc) is 0.813. The Morgan fingerprint density at radius 2 is 0.691 bits per heavy atom. The van der Waals surface area contributed by atoms with Crippen LogP contribution in [-0.2, 0) is 87.1 Å². The number of amides is 2. The first-order valence-corrected chi connectivity index (χ1v) is 35.2. The molecule has 0 spiro atoms. The monoisotopic (exact) mass is 1610 g/mol. The van der Waals surface area contributed by atoms with E-state index in [0.29, 0.717) is 25.2 Å². The van der Waals surface area contributed by atoms with Gasteiger partial charge in [-0.25, -0.2) is 14.6 Å². The van der Waals surface area contributed by atoms with Crippen molar-refractivity contribution in [1.82, 2.24) is 10.3 Å². The zero-order valence-corrected chi connectivity index (χ0v) is 58.8. The summed E-state index contributed by atoms with van der Waals surface area (Å²) in [6.07, 6.45) is -66.8. The molecule has 36 atom stereocenters. The molecule has 110 heavy (non-hydrogen) atoms. The predicted molar refractivity (Wildman–Crippen MR) is 351 cm³/mol. The Labute approximate surface area is 626 Å². The number of benzene rings is 1. The van der Waals surface area contributed by atoms with Crippen LogP contribution in [0.25, 0.3) is 0 Å². The van der Waals surface area contributed by atoms with Gasteiger partial charge in [-0.15, -0.1) is 0 Å². The fourth-order valence-electron chi connectivity index (χ4n) is 13.0. The summed E-state index contributed by atoms with van der Waals surface area (Å²) >= 11 is 1.05. The molecule has 1 aromatic carbocycles. The number of hydrogen-bond donors (Lipinski definition) is 24. The summed E-state index contributed by atoms with van der Waals surface area (Å²) in [4.78, 5) is 48.2. The Morgan fingerprint density at radius 1 is 0.418 bits per heavy atom. The zero-order chi connectivity index (χ0) is 80.3. The highest BCUT2D eigenvalue weighted by Crippen LogP contribution is 2.39. The molecule has 0 saturated carbocycles. The molecule has 1 unspecified atom stereocenters. The molecule has 23 heterocycles. The minimum atomic E-state index is -2.21. The van der Waals surface area contributed by atoms with Crippen LogP contribution in [0.4, 0.5) is 10.6 Å². The van der Waals surface area contributed by atoms with Crippen molar-refractivity contribution >= 4 is 40.7 Å². The second-order valence-corrected chi connectivity index (χ2v) is 27.5. The zero-order valence-electron chi connectivity index (χ0n) is 58.0. The summed E-state index contributed by atoms with van der Waals surface area (Å²) in [6.45, 7) is -6.06. The molecule has 2 amide bonds. The maximum absolute atomic E-state index is 11.6. The van der Waals surface area contributed by atoms with Crippen LogP contribution in [0.3, 0.4) is 0 Å². The van der Waals surface area contributed by atoms with E-state index in [9.17, 15) is 126 Å². The average molecular weight is 1610 g/mol. The Hall–Kier alpha value is -5.26. The highest BCUT2D eigenvalue weighted by molar-refractivity contribution is 8.15. The SMILES string of the molecule is CN(CCOc1ccc(CC2SC(=O)NC2=O)cc1)c1ccccn1.O=C(O)/C=C\C(=O)O.OC[C@H]1O[C@@H]2O[C@H]3[C@H](O)[C@@H](O)[C@@H](O[C@H]4[C@H](O)[C@@H](O)[C@@H](O[C@H]5[C@H](O)[C@@H](O)[C@@H](O[C@H]6[C@H](O)[C@@H](O)[C@@H](O[C@H]7[C@@H](O)[C@H](O)[C@@H](O[C@H]8[C@@H](O)[C@H](O)[C@@H](O[C@H]1[C@H](O)[C@H]2O)O[C@@H]8CO)O[C@@H]7CO)O[C@@H]6CO)O[C@@H]5CO)O[C@@H]4CO)O[C@@H]3CO. The molecule has 22 saturated heterocycles. The quantitative estimate of drug-likeness (QED) is 0.0694. The fourth-order valence-corrected chi connectivity index (χ4v) is 13.9. The van der Waals surface area contributed by atoms with Crippen molar-refractivity contribution in [2.75, 3.05) is 71.3 Å². The molecular weight excluding hydrogens is 1510 g/mol. The number of aliphatic carboxylic acids is 2. The van der Waals surface area contributed by atoms with Crippen LogP contribution in [0.5, 0.6) is 5.75 Å². The number of nitrogens with zero attached hydrogens (tertiary/aromatic N) is 2. The molecule has 46 heteroatoms. The van der Waals surface area contributed by atoms with Crippen molar-refractivity contribution in [3.63, 3.8) is 0 Å². The maximum Gasteiger partial charge on any atom is 0.328 e. The molecule has 22 aliphatic rings. The van der Waals surface area contributed by atoms with E-state index >= 15 is 0 Å². The van der Waals surface area contributed by atoms with E-state index in [0.717, 1.165) is 35.4 Å². The Kier molecular flexibility index (Phi) is 32.5. The standard InChI is InChI=1S/C42H70O35.C18H19N3O3S.C4H4O4/c43-1-8-29-15(50)22(57)36(64-8)72-30-9(2-44)66-38(24(59)17(30)52)74-32-11(4-46)68-40(26(61)19(32)54)76-34-13(6-48)70-42(28(63)21(34)56)77-35-14(7-49)69-41(27(62)20(35)55)75-33-12(5-47)67-39(25(60)18(33)53)73-31-10(3-45)65-37(71-29)23(58)16(31)51;1-21(16-4-2-3-9-19-16)10-11-24-14-7-5-13(6-8-14)12-15-17(22)20-18(23)25-15;5-3(6)1-2-4(7)8/h8-63H,1-7H2;2-9,15H,10-12H2,1H3,(H,20,22,23);1-2H,(H,5,6)(H,7,8)/b;;2-1-/t8-,9-,10-,11-,12-,13-,14-,15-,16-,17-,18-,19-,20+,21+,22-,23-,24-,25-,26-,27+,28+,29-,30-,31-,32-,33-,34-,35-,36-,37-,38-,39-,40-,41-,42-;;/m1../s1. The van der Waals surface area contributed by atoms with Gasteiger partial charge in [-0.2, -0.15) is 0 Å². The summed E-state index contributed by atoms with van der Waals surface area (Å²) in [5.41, 5.74) is 1.00. The normalized spacial score (nSPS) is 43.2. The largest absolute Gasteiger partial charge is 0.492 e. The first-order valence-electron chi connectivity index (χ1n) is 34.4. The summed E-state index contributed by atoms with van der Waals surface area (Å²) < 4.78 is 85.2. The van der Waals surface area contributed by atoms with E-state index in [4.69, 9.17) is 81.3 Å². The van der Waals surface area contributed by atoms with Gasteiger partial charge in [-0.3, -0.25) is 14.9 Å². The van der Waals surface area contributed by atoms with E-state index in [2.05, 4.69) is 10.3 Å². The van der Waals surface area contributed by atoms with Crippen molar-refractivity contribution in [3.05, 3.63) is 66.4 Å². The van der Waals surface area contributed by atoms with E-state index in [1.165, 1.54) is 0 Å². The molecular formula is C64H93N3O42S. The fraction of sp³-hybridized carbons (Fsp3) is 0.734. The lowest BCUT2D eigenvalue weighted by molar-refractivity contribution is -0.396. The minimum Gasteiger partial charge on any atom is -0.492 e. The summed E-state index contributed by atoms with van der Waals surface area (Å²) in [5, 5.41) is 248. The van der Waals surface area contributed by atoms with E-state index < -0.39 is 273 Å². The topological polar surface area (TPSA) is 700 Å². The second-order valence-electron chi connectivity index (χ2n) is 26.4. The van der Waals surface area contributed by atoms with Crippen LogP contribution in [0.2, 0.25) is 0 Å². The van der Waals surface area contributed by atoms with Gasteiger partial charge in [0.25, 0.3) is 5.24 Å². The number of hydrogen-bond acceptors (Lipinski definition) is 43. The molecule has 45 nitrogen and oxygen atoms in total.